The van der Waals surface area contributed by atoms with Crippen LogP contribution in [0.4, 0.5) is 13.2 Å². The summed E-state index contributed by atoms with van der Waals surface area (Å²) in [7, 11) is 1.96. The molecule has 0 atom stereocenters. The molecule has 0 aromatic carbocycles. The predicted octanol–water partition coefficient (Wildman–Crippen LogP) is 1.08. The van der Waals surface area contributed by atoms with Crippen LogP contribution in [0, 0.1) is 0 Å². The van der Waals surface area contributed by atoms with Gasteiger partial charge in [-0.15, -0.1) is 0 Å². The summed E-state index contributed by atoms with van der Waals surface area (Å²) in [6, 6.07) is 0.659. The van der Waals surface area contributed by atoms with Crippen molar-refractivity contribution < 1.29 is 32.7 Å². The van der Waals surface area contributed by atoms with Gasteiger partial charge in [0.25, 0.3) is 11.8 Å². The Balaban J connectivity index is 0.000000295. The van der Waals surface area contributed by atoms with Gasteiger partial charge in [-0.2, -0.15) is 13.2 Å². The molecule has 0 saturated heterocycles. The van der Waals surface area contributed by atoms with E-state index in [0.717, 1.165) is 25.7 Å². The van der Waals surface area contributed by atoms with Crippen LogP contribution in [0.5, 0.6) is 0 Å². The van der Waals surface area contributed by atoms with Crippen LogP contribution in [-0.4, -0.2) is 53.1 Å². The maximum atomic E-state index is 11.4. The maximum Gasteiger partial charge on any atom is 0.490 e. The van der Waals surface area contributed by atoms with E-state index in [1.54, 1.807) is 0 Å². The highest BCUT2D eigenvalue weighted by Crippen LogP contribution is 2.25. The van der Waals surface area contributed by atoms with Crippen LogP contribution < -0.4 is 5.32 Å². The number of alkyl halides is 3. The molecule has 0 aromatic rings. The first kappa shape index (κ1) is 18.1. The van der Waals surface area contributed by atoms with Gasteiger partial charge in [0.2, 0.25) is 0 Å². The second kappa shape index (κ2) is 7.39. The van der Waals surface area contributed by atoms with Crippen molar-refractivity contribution >= 4 is 17.8 Å². The van der Waals surface area contributed by atoms with Gasteiger partial charge in [-0.25, -0.2) is 4.79 Å². The minimum absolute atomic E-state index is 0.115. The SMILES string of the molecule is CNC1CCC(N2C(=O)C=CC2=O)CC1.O=C(O)C(F)(F)F. The fourth-order valence-electron chi connectivity index (χ4n) is 2.39. The highest BCUT2D eigenvalue weighted by molar-refractivity contribution is 6.13. The second-order valence-electron chi connectivity index (χ2n) is 4.98. The zero-order chi connectivity index (χ0) is 16.9. The highest BCUT2D eigenvalue weighted by atomic mass is 19.4. The quantitative estimate of drug-likeness (QED) is 0.743. The van der Waals surface area contributed by atoms with E-state index in [-0.39, 0.29) is 17.9 Å². The lowest BCUT2D eigenvalue weighted by atomic mass is 9.90. The Hall–Kier alpha value is -1.90. The average Bonchev–Trinajstić information content (AvgIpc) is 2.78. The van der Waals surface area contributed by atoms with Gasteiger partial charge < -0.3 is 10.4 Å². The van der Waals surface area contributed by atoms with Gasteiger partial charge in [0.15, 0.2) is 0 Å². The van der Waals surface area contributed by atoms with Gasteiger partial charge in [-0.1, -0.05) is 0 Å². The number of imide groups is 1. The van der Waals surface area contributed by atoms with Gasteiger partial charge in [0.05, 0.1) is 0 Å². The van der Waals surface area contributed by atoms with Crippen LogP contribution in [0.15, 0.2) is 12.2 Å². The molecule has 2 rings (SSSR count). The molecule has 0 spiro atoms. The molecule has 2 amide bonds. The largest absolute Gasteiger partial charge is 0.490 e. The molecule has 1 heterocycles. The standard InChI is InChI=1S/C11H16N2O2.C2HF3O2/c1-12-8-2-4-9(5-3-8)13-10(14)6-7-11(13)15;3-2(4,5)1(6)7/h6-9,12H,2-5H2,1H3;(H,6,7). The van der Waals surface area contributed by atoms with Crippen LogP contribution in [0.25, 0.3) is 0 Å². The van der Waals surface area contributed by atoms with E-state index in [2.05, 4.69) is 5.32 Å². The molecule has 1 fully saturated rings. The number of nitrogens with one attached hydrogen (secondary N) is 1. The summed E-state index contributed by atoms with van der Waals surface area (Å²) in [6.07, 6.45) is 1.57. The number of hydrogen-bond donors (Lipinski definition) is 2. The number of amides is 2. The summed E-state index contributed by atoms with van der Waals surface area (Å²) in [5.41, 5.74) is 0. The fourth-order valence-corrected chi connectivity index (χ4v) is 2.39. The summed E-state index contributed by atoms with van der Waals surface area (Å²) in [4.78, 5) is 33.2. The lowest BCUT2D eigenvalue weighted by molar-refractivity contribution is -0.192. The summed E-state index contributed by atoms with van der Waals surface area (Å²) < 4.78 is 31.7. The van der Waals surface area contributed by atoms with E-state index < -0.39 is 12.1 Å². The zero-order valence-corrected chi connectivity index (χ0v) is 11.9. The first-order valence-electron chi connectivity index (χ1n) is 6.69. The van der Waals surface area contributed by atoms with Gasteiger partial charge in [-0.3, -0.25) is 14.5 Å². The topological polar surface area (TPSA) is 86.7 Å². The van der Waals surface area contributed by atoms with Crippen LogP contribution in [-0.2, 0) is 14.4 Å². The minimum atomic E-state index is -5.08. The summed E-state index contributed by atoms with van der Waals surface area (Å²) in [5, 5.41) is 10.4. The van der Waals surface area contributed by atoms with Crippen molar-refractivity contribution in [2.75, 3.05) is 7.05 Å². The molecule has 2 N–H and O–H groups in total. The van der Waals surface area contributed by atoms with E-state index in [4.69, 9.17) is 9.90 Å². The second-order valence-corrected chi connectivity index (χ2v) is 4.98. The number of nitrogens with zero attached hydrogens (tertiary/aromatic N) is 1. The Morgan fingerprint density at radius 1 is 1.18 bits per heavy atom. The van der Waals surface area contributed by atoms with E-state index in [1.165, 1.54) is 17.1 Å². The molecule has 1 aliphatic carbocycles. The third-order valence-electron chi connectivity index (χ3n) is 3.56. The Morgan fingerprint density at radius 3 is 1.91 bits per heavy atom. The Bertz CT molecular complexity index is 450. The first-order chi connectivity index (χ1) is 10.2. The van der Waals surface area contributed by atoms with Crippen molar-refractivity contribution in [2.45, 2.75) is 43.9 Å². The van der Waals surface area contributed by atoms with Crippen LogP contribution in [0.3, 0.4) is 0 Å². The minimum Gasteiger partial charge on any atom is -0.475 e. The third-order valence-corrected chi connectivity index (χ3v) is 3.56. The molecule has 6 nitrogen and oxygen atoms in total. The molecular formula is C13H17F3N2O4. The van der Waals surface area contributed by atoms with Crippen molar-refractivity contribution in [3.05, 3.63) is 12.2 Å². The van der Waals surface area contributed by atoms with Crippen molar-refractivity contribution in [3.8, 4) is 0 Å². The smallest absolute Gasteiger partial charge is 0.475 e. The number of aliphatic carboxylic acids is 1. The molecule has 2 aliphatic rings. The van der Waals surface area contributed by atoms with E-state index in [1.807, 2.05) is 7.05 Å². The molecule has 22 heavy (non-hydrogen) atoms. The van der Waals surface area contributed by atoms with E-state index in [9.17, 15) is 22.8 Å². The molecule has 124 valence electrons. The number of carboxylic acid groups (broad SMARTS) is 1. The zero-order valence-electron chi connectivity index (χ0n) is 11.9. The molecule has 0 radical (unpaired) electrons. The first-order valence-corrected chi connectivity index (χ1v) is 6.69. The van der Waals surface area contributed by atoms with Crippen molar-refractivity contribution in [1.29, 1.82) is 0 Å². The predicted molar refractivity (Wildman–Crippen MR) is 69.8 cm³/mol. The summed E-state index contributed by atoms with van der Waals surface area (Å²) in [6.45, 7) is 0. The highest BCUT2D eigenvalue weighted by Gasteiger charge is 2.38. The molecule has 9 heteroatoms. The Morgan fingerprint density at radius 2 is 1.59 bits per heavy atom. The summed E-state index contributed by atoms with van der Waals surface area (Å²) >= 11 is 0. The third kappa shape index (κ3) is 4.83. The molecule has 0 aromatic heterocycles. The molecule has 1 aliphatic heterocycles. The number of hydrogen-bond acceptors (Lipinski definition) is 4. The van der Waals surface area contributed by atoms with Crippen LogP contribution in [0.2, 0.25) is 0 Å². The molecule has 1 saturated carbocycles. The van der Waals surface area contributed by atoms with Gasteiger partial charge >= 0.3 is 12.1 Å². The normalized spacial score (nSPS) is 25.0. The number of carboxylic acids is 1. The number of rotatable bonds is 2. The summed E-state index contributed by atoms with van der Waals surface area (Å²) in [5.74, 6) is -3.05. The van der Waals surface area contributed by atoms with Crippen LogP contribution in [0.1, 0.15) is 25.7 Å². The molecule has 0 bridgehead atoms. The van der Waals surface area contributed by atoms with E-state index >= 15 is 0 Å². The number of carbonyl (C=O) groups excluding carboxylic acids is 2. The van der Waals surface area contributed by atoms with Crippen molar-refractivity contribution in [3.63, 3.8) is 0 Å². The molecule has 0 unspecified atom stereocenters. The monoisotopic (exact) mass is 322 g/mol. The van der Waals surface area contributed by atoms with Gasteiger partial charge in [0.1, 0.15) is 0 Å². The average molecular weight is 322 g/mol. The lowest BCUT2D eigenvalue weighted by Gasteiger charge is -2.33. The Kier molecular flexibility index (Phi) is 6.10. The van der Waals surface area contributed by atoms with Crippen molar-refractivity contribution in [2.24, 2.45) is 0 Å². The van der Waals surface area contributed by atoms with Gasteiger partial charge in [-0.05, 0) is 32.7 Å². The van der Waals surface area contributed by atoms with E-state index in [0.29, 0.717) is 6.04 Å². The van der Waals surface area contributed by atoms with Crippen LogP contribution >= 0.6 is 0 Å². The van der Waals surface area contributed by atoms with Crippen molar-refractivity contribution in [1.82, 2.24) is 10.2 Å². The number of carbonyl (C=O) groups is 3. The maximum absolute atomic E-state index is 11.4. The fraction of sp³-hybridized carbons (Fsp3) is 0.615. The Labute approximate surface area is 125 Å². The van der Waals surface area contributed by atoms with Gasteiger partial charge in [0, 0.05) is 24.2 Å². The lowest BCUT2D eigenvalue weighted by Crippen LogP contribution is -2.44. The molecular weight excluding hydrogens is 305 g/mol. The number of halogens is 3.